The van der Waals surface area contributed by atoms with Crippen molar-refractivity contribution in [1.82, 2.24) is 4.98 Å². The Morgan fingerprint density at radius 2 is 1.88 bits per heavy atom. The summed E-state index contributed by atoms with van der Waals surface area (Å²) in [6.07, 6.45) is 1.78. The minimum absolute atomic E-state index is 0.0959. The number of halogens is 1. The summed E-state index contributed by atoms with van der Waals surface area (Å²) in [7, 11) is 0. The third-order valence-corrected chi connectivity index (χ3v) is 4.53. The monoisotopic (exact) mass is 324 g/mol. The molecule has 0 fully saturated rings. The molecule has 0 aliphatic heterocycles. The van der Waals surface area contributed by atoms with Crippen LogP contribution in [0, 0.1) is 19.7 Å². The molecule has 0 aliphatic carbocycles. The predicted octanol–water partition coefficient (Wildman–Crippen LogP) is 4.84. The molecule has 0 aliphatic rings. The van der Waals surface area contributed by atoms with Gasteiger partial charge in [-0.05, 0) is 68.7 Å². The lowest BCUT2D eigenvalue weighted by molar-refractivity contribution is -0.120. The number of hydrogen-bond acceptors (Lipinski definition) is 1. The first-order valence-corrected chi connectivity index (χ1v) is 7.95. The molecule has 0 saturated carbocycles. The topological polar surface area (TPSA) is 44.9 Å². The van der Waals surface area contributed by atoms with Crippen LogP contribution in [-0.4, -0.2) is 10.9 Å². The second-order valence-electron chi connectivity index (χ2n) is 6.79. The maximum absolute atomic E-state index is 13.4. The van der Waals surface area contributed by atoms with Gasteiger partial charge in [0, 0.05) is 22.8 Å². The summed E-state index contributed by atoms with van der Waals surface area (Å²) >= 11 is 0. The van der Waals surface area contributed by atoms with Crippen LogP contribution in [0.2, 0.25) is 0 Å². The quantitative estimate of drug-likeness (QED) is 0.711. The van der Waals surface area contributed by atoms with Gasteiger partial charge in [0.25, 0.3) is 0 Å². The van der Waals surface area contributed by atoms with Gasteiger partial charge >= 0.3 is 0 Å². The van der Waals surface area contributed by atoms with E-state index in [4.69, 9.17) is 0 Å². The third kappa shape index (κ3) is 2.80. The number of benzene rings is 2. The molecule has 0 unspecified atom stereocenters. The Kier molecular flexibility index (Phi) is 3.91. The number of fused-ring (bicyclic) bond motifs is 1. The van der Waals surface area contributed by atoms with Crippen LogP contribution in [0.1, 0.15) is 30.5 Å². The van der Waals surface area contributed by atoms with Gasteiger partial charge < -0.3 is 10.3 Å². The normalized spacial score (nSPS) is 11.7. The van der Waals surface area contributed by atoms with Crippen molar-refractivity contribution in [2.45, 2.75) is 33.1 Å². The van der Waals surface area contributed by atoms with E-state index < -0.39 is 5.41 Å². The highest BCUT2D eigenvalue weighted by Gasteiger charge is 2.32. The van der Waals surface area contributed by atoms with E-state index in [2.05, 4.69) is 10.3 Å². The van der Waals surface area contributed by atoms with Gasteiger partial charge in [-0.3, -0.25) is 4.79 Å². The van der Waals surface area contributed by atoms with E-state index in [9.17, 15) is 9.18 Å². The van der Waals surface area contributed by atoms with Crippen molar-refractivity contribution >= 4 is 22.5 Å². The lowest BCUT2D eigenvalue weighted by Crippen LogP contribution is -2.34. The highest BCUT2D eigenvalue weighted by molar-refractivity contribution is 6.02. The van der Waals surface area contributed by atoms with E-state index in [1.165, 1.54) is 12.1 Å². The Bertz CT molecular complexity index is 925. The first-order chi connectivity index (χ1) is 11.3. The Morgan fingerprint density at radius 3 is 2.62 bits per heavy atom. The first-order valence-electron chi connectivity index (χ1n) is 7.95. The second kappa shape index (κ2) is 5.78. The lowest BCUT2D eigenvalue weighted by atomic mass is 9.83. The van der Waals surface area contributed by atoms with Crippen molar-refractivity contribution in [3.8, 4) is 0 Å². The number of aromatic nitrogens is 1. The summed E-state index contributed by atoms with van der Waals surface area (Å²) in [6, 6.07) is 10.5. The number of anilines is 1. The number of aryl methyl sites for hydroxylation is 2. The highest BCUT2D eigenvalue weighted by Crippen LogP contribution is 2.32. The molecule has 0 spiro atoms. The summed E-state index contributed by atoms with van der Waals surface area (Å²) in [5.41, 5.74) is 3.71. The minimum atomic E-state index is -0.758. The molecule has 3 nitrogen and oxygen atoms in total. The van der Waals surface area contributed by atoms with Gasteiger partial charge in [-0.1, -0.05) is 12.1 Å². The predicted molar refractivity (Wildman–Crippen MR) is 95.8 cm³/mol. The van der Waals surface area contributed by atoms with Gasteiger partial charge in [-0.2, -0.15) is 0 Å². The molecule has 24 heavy (non-hydrogen) atoms. The summed E-state index contributed by atoms with van der Waals surface area (Å²) in [4.78, 5) is 16.0. The molecule has 0 radical (unpaired) electrons. The first kappa shape index (κ1) is 16.2. The average molecular weight is 324 g/mol. The number of amides is 1. The fourth-order valence-corrected chi connectivity index (χ4v) is 2.89. The Morgan fingerprint density at radius 1 is 1.12 bits per heavy atom. The molecule has 0 bridgehead atoms. The second-order valence-corrected chi connectivity index (χ2v) is 6.79. The van der Waals surface area contributed by atoms with Crippen LogP contribution >= 0.6 is 0 Å². The van der Waals surface area contributed by atoms with Gasteiger partial charge in [-0.15, -0.1) is 0 Å². The van der Waals surface area contributed by atoms with Crippen molar-refractivity contribution in [1.29, 1.82) is 0 Å². The maximum Gasteiger partial charge on any atom is 0.234 e. The van der Waals surface area contributed by atoms with Crippen LogP contribution in [0.5, 0.6) is 0 Å². The zero-order valence-electron chi connectivity index (χ0n) is 14.3. The average Bonchev–Trinajstić information content (AvgIpc) is 2.94. The van der Waals surface area contributed by atoms with E-state index in [0.717, 1.165) is 27.8 Å². The molecular formula is C20H21FN2O. The fraction of sp³-hybridized carbons (Fsp3) is 0.250. The van der Waals surface area contributed by atoms with E-state index in [0.29, 0.717) is 5.52 Å². The molecule has 4 heteroatoms. The van der Waals surface area contributed by atoms with Crippen LogP contribution < -0.4 is 5.32 Å². The van der Waals surface area contributed by atoms with E-state index >= 15 is 0 Å². The summed E-state index contributed by atoms with van der Waals surface area (Å²) in [6.45, 7) is 7.71. The zero-order valence-corrected chi connectivity index (χ0v) is 14.3. The largest absolute Gasteiger partial charge is 0.361 e. The van der Waals surface area contributed by atoms with Crippen LogP contribution in [0.15, 0.2) is 42.6 Å². The van der Waals surface area contributed by atoms with Crippen molar-refractivity contribution in [2.75, 3.05) is 5.32 Å². The number of carbonyl (C=O) groups excluding carboxylic acids is 1. The highest BCUT2D eigenvalue weighted by atomic mass is 19.1. The minimum Gasteiger partial charge on any atom is -0.361 e. The molecule has 3 aromatic rings. The van der Waals surface area contributed by atoms with Gasteiger partial charge in [0.1, 0.15) is 5.82 Å². The van der Waals surface area contributed by atoms with Crippen molar-refractivity contribution < 1.29 is 9.18 Å². The Hall–Kier alpha value is -2.62. The number of hydrogen-bond donors (Lipinski definition) is 2. The summed E-state index contributed by atoms with van der Waals surface area (Å²) in [5.74, 6) is -0.394. The van der Waals surface area contributed by atoms with Crippen molar-refractivity contribution in [3.05, 3.63) is 65.1 Å². The number of H-pyrrole nitrogens is 1. The smallest absolute Gasteiger partial charge is 0.234 e. The van der Waals surface area contributed by atoms with Crippen LogP contribution in [-0.2, 0) is 10.2 Å². The van der Waals surface area contributed by atoms with Crippen molar-refractivity contribution in [3.63, 3.8) is 0 Å². The molecule has 1 aromatic heterocycles. The summed E-state index contributed by atoms with van der Waals surface area (Å²) in [5, 5.41) is 3.89. The third-order valence-electron chi connectivity index (χ3n) is 4.53. The number of aromatic amines is 1. The maximum atomic E-state index is 13.4. The van der Waals surface area contributed by atoms with E-state index in [-0.39, 0.29) is 11.7 Å². The Labute approximate surface area is 140 Å². The van der Waals surface area contributed by atoms with Gasteiger partial charge in [0.15, 0.2) is 0 Å². The number of carbonyl (C=O) groups is 1. The molecule has 1 amide bonds. The molecular weight excluding hydrogens is 303 g/mol. The van der Waals surface area contributed by atoms with Crippen LogP contribution in [0.4, 0.5) is 10.1 Å². The van der Waals surface area contributed by atoms with Crippen LogP contribution in [0.25, 0.3) is 10.9 Å². The van der Waals surface area contributed by atoms with Gasteiger partial charge in [0.05, 0.1) is 5.41 Å². The number of rotatable bonds is 3. The van der Waals surface area contributed by atoms with Gasteiger partial charge in [-0.25, -0.2) is 4.39 Å². The van der Waals surface area contributed by atoms with Crippen molar-refractivity contribution in [2.24, 2.45) is 0 Å². The number of nitrogens with one attached hydrogen (secondary N) is 2. The molecule has 1 heterocycles. The van der Waals surface area contributed by atoms with Gasteiger partial charge in [0.2, 0.25) is 5.91 Å². The molecule has 2 N–H and O–H groups in total. The SMILES string of the molecule is Cc1ccc(C)c(NC(=O)C(C)(C)c2c[nH]c3cc(F)ccc23)c1. The molecule has 0 atom stereocenters. The lowest BCUT2D eigenvalue weighted by Gasteiger charge is -2.24. The molecule has 0 saturated heterocycles. The fourth-order valence-electron chi connectivity index (χ4n) is 2.89. The zero-order chi connectivity index (χ0) is 17.5. The Balaban J connectivity index is 1.96. The van der Waals surface area contributed by atoms with E-state index in [1.54, 1.807) is 12.3 Å². The standard InChI is InChI=1S/C20H21FN2O/c1-12-5-6-13(2)17(9-12)23-19(24)20(3,4)16-11-22-18-10-14(21)7-8-15(16)18/h5-11,22H,1-4H3,(H,23,24). The molecule has 2 aromatic carbocycles. The molecule has 3 rings (SSSR count). The van der Waals surface area contributed by atoms with E-state index in [1.807, 2.05) is 45.9 Å². The van der Waals surface area contributed by atoms with Crippen LogP contribution in [0.3, 0.4) is 0 Å². The molecule has 124 valence electrons. The summed E-state index contributed by atoms with van der Waals surface area (Å²) < 4.78 is 13.4.